The van der Waals surface area contributed by atoms with Crippen LogP contribution in [0, 0.1) is 13.8 Å². The topological polar surface area (TPSA) is 59.2 Å². The molecule has 1 amide bonds. The summed E-state index contributed by atoms with van der Waals surface area (Å²) in [6, 6.07) is 13.7. The molecular formula is C21H19N3O2S. The van der Waals surface area contributed by atoms with Gasteiger partial charge in [-0.3, -0.25) is 4.79 Å². The molecule has 0 bridgehead atoms. The lowest BCUT2D eigenvalue weighted by molar-refractivity contribution is 0.0989. The number of thiophene rings is 1. The molecular weight excluding hydrogens is 358 g/mol. The van der Waals surface area contributed by atoms with Crippen molar-refractivity contribution in [2.45, 2.75) is 20.8 Å². The minimum atomic E-state index is -0.0803. The number of rotatable bonds is 4. The van der Waals surface area contributed by atoms with Crippen molar-refractivity contribution in [3.63, 3.8) is 0 Å². The lowest BCUT2D eigenvalue weighted by atomic mass is 10.1. The van der Waals surface area contributed by atoms with Crippen molar-refractivity contribution in [2.75, 3.05) is 11.4 Å². The van der Waals surface area contributed by atoms with Gasteiger partial charge in [-0.1, -0.05) is 29.4 Å². The first-order chi connectivity index (χ1) is 13.1. The quantitative estimate of drug-likeness (QED) is 0.488. The van der Waals surface area contributed by atoms with Crippen LogP contribution in [-0.2, 0) is 0 Å². The van der Waals surface area contributed by atoms with Crippen molar-refractivity contribution >= 4 is 34.0 Å². The highest BCUT2D eigenvalue weighted by Crippen LogP contribution is 2.31. The maximum absolute atomic E-state index is 13.5. The molecule has 0 fully saturated rings. The number of aromatic nitrogens is 2. The number of aryl methyl sites for hydroxylation is 2. The number of carbonyl (C=O) groups is 1. The van der Waals surface area contributed by atoms with E-state index in [2.05, 4.69) is 10.1 Å². The van der Waals surface area contributed by atoms with Gasteiger partial charge in [0.25, 0.3) is 11.6 Å². The Bertz CT molecular complexity index is 1120. The predicted molar refractivity (Wildman–Crippen MR) is 108 cm³/mol. The summed E-state index contributed by atoms with van der Waals surface area (Å²) < 4.78 is 5.39. The van der Waals surface area contributed by atoms with E-state index in [1.54, 1.807) is 16.2 Å². The first-order valence-electron chi connectivity index (χ1n) is 8.78. The molecule has 5 nitrogen and oxygen atoms in total. The number of hydrogen-bond donors (Lipinski definition) is 0. The summed E-state index contributed by atoms with van der Waals surface area (Å²) in [4.78, 5) is 20.9. The first-order valence-corrected chi connectivity index (χ1v) is 9.66. The molecule has 0 aliphatic heterocycles. The molecule has 0 spiro atoms. The molecule has 0 aliphatic rings. The number of fused-ring (bicyclic) bond motifs is 1. The van der Waals surface area contributed by atoms with Gasteiger partial charge in [-0.2, -0.15) is 0 Å². The number of amides is 1. The van der Waals surface area contributed by atoms with E-state index >= 15 is 0 Å². The number of nitrogens with zero attached hydrogens (tertiary/aromatic N) is 3. The van der Waals surface area contributed by atoms with Gasteiger partial charge in [0.15, 0.2) is 0 Å². The second kappa shape index (κ2) is 6.96. The Morgan fingerprint density at radius 1 is 1.19 bits per heavy atom. The lowest BCUT2D eigenvalue weighted by Crippen LogP contribution is -2.31. The van der Waals surface area contributed by atoms with Gasteiger partial charge in [-0.25, -0.2) is 4.98 Å². The van der Waals surface area contributed by atoms with Crippen LogP contribution in [0.15, 0.2) is 52.4 Å². The van der Waals surface area contributed by atoms with Crippen LogP contribution in [-0.4, -0.2) is 22.6 Å². The average molecular weight is 377 g/mol. The standard InChI is InChI=1S/C21H19N3O2S/c1-4-24(17-9-6-5-8-13(17)2)21(25)15-12-16(18-10-7-11-27-18)22-20-19(15)14(3)23-26-20/h5-12H,4H2,1-3H3. The van der Waals surface area contributed by atoms with E-state index in [-0.39, 0.29) is 5.91 Å². The summed E-state index contributed by atoms with van der Waals surface area (Å²) in [6.45, 7) is 6.38. The molecule has 0 aliphatic carbocycles. The first kappa shape index (κ1) is 17.4. The second-order valence-electron chi connectivity index (χ2n) is 6.32. The molecule has 0 atom stereocenters. The predicted octanol–water partition coefficient (Wildman–Crippen LogP) is 5.23. The fourth-order valence-corrected chi connectivity index (χ4v) is 3.94. The van der Waals surface area contributed by atoms with E-state index in [9.17, 15) is 4.79 Å². The fourth-order valence-electron chi connectivity index (χ4n) is 3.25. The Hall–Kier alpha value is -2.99. The molecule has 0 unspecified atom stereocenters. The Labute approximate surface area is 161 Å². The molecule has 6 heteroatoms. The molecule has 3 heterocycles. The molecule has 0 radical (unpaired) electrons. The average Bonchev–Trinajstić information content (AvgIpc) is 3.33. The fraction of sp³-hybridized carbons (Fsp3) is 0.190. The summed E-state index contributed by atoms with van der Waals surface area (Å²) in [5, 5.41) is 6.69. The van der Waals surface area contributed by atoms with E-state index in [1.807, 2.05) is 68.6 Å². The van der Waals surface area contributed by atoms with Crippen molar-refractivity contribution in [1.82, 2.24) is 10.1 Å². The molecule has 0 N–H and O–H groups in total. The van der Waals surface area contributed by atoms with Crippen LogP contribution in [0.5, 0.6) is 0 Å². The molecule has 3 aromatic heterocycles. The molecule has 27 heavy (non-hydrogen) atoms. The van der Waals surface area contributed by atoms with E-state index in [0.29, 0.717) is 28.9 Å². The lowest BCUT2D eigenvalue weighted by Gasteiger charge is -2.23. The molecule has 4 rings (SSSR count). The van der Waals surface area contributed by atoms with Crippen molar-refractivity contribution in [3.05, 3.63) is 64.7 Å². The van der Waals surface area contributed by atoms with E-state index in [4.69, 9.17) is 4.52 Å². The zero-order valence-corrected chi connectivity index (χ0v) is 16.2. The highest BCUT2D eigenvalue weighted by Gasteiger charge is 2.24. The molecule has 0 saturated carbocycles. The number of anilines is 1. The smallest absolute Gasteiger partial charge is 0.259 e. The number of hydrogen-bond acceptors (Lipinski definition) is 5. The number of pyridine rings is 1. The summed E-state index contributed by atoms with van der Waals surface area (Å²) in [5.41, 5.74) is 4.30. The molecule has 1 aromatic carbocycles. The third-order valence-electron chi connectivity index (χ3n) is 4.59. The monoisotopic (exact) mass is 377 g/mol. The highest BCUT2D eigenvalue weighted by molar-refractivity contribution is 7.13. The van der Waals surface area contributed by atoms with Crippen molar-refractivity contribution in [3.8, 4) is 10.6 Å². The number of benzene rings is 1. The van der Waals surface area contributed by atoms with Crippen LogP contribution < -0.4 is 4.90 Å². The largest absolute Gasteiger partial charge is 0.335 e. The Morgan fingerprint density at radius 2 is 2.00 bits per heavy atom. The van der Waals surface area contributed by atoms with Gasteiger partial charge in [0.2, 0.25) is 0 Å². The third kappa shape index (κ3) is 3.02. The zero-order chi connectivity index (χ0) is 19.0. The molecule has 4 aromatic rings. The van der Waals surface area contributed by atoms with Crippen LogP contribution >= 0.6 is 11.3 Å². The molecule has 136 valence electrons. The SMILES string of the molecule is CCN(C(=O)c1cc(-c2cccs2)nc2onc(C)c12)c1ccccc1C. The van der Waals surface area contributed by atoms with Gasteiger partial charge in [-0.15, -0.1) is 11.3 Å². The minimum Gasteiger partial charge on any atom is -0.335 e. The van der Waals surface area contributed by atoms with Crippen molar-refractivity contribution in [1.29, 1.82) is 0 Å². The number of carbonyl (C=O) groups excluding carboxylic acids is 1. The Morgan fingerprint density at radius 3 is 2.70 bits per heavy atom. The number of para-hydroxylation sites is 1. The summed E-state index contributed by atoms with van der Waals surface area (Å²) >= 11 is 1.58. The van der Waals surface area contributed by atoms with Gasteiger partial charge in [0.05, 0.1) is 27.2 Å². The molecule has 0 saturated heterocycles. The normalized spacial score (nSPS) is 11.1. The Balaban J connectivity index is 1.90. The maximum Gasteiger partial charge on any atom is 0.259 e. The maximum atomic E-state index is 13.5. The minimum absolute atomic E-state index is 0.0803. The summed E-state index contributed by atoms with van der Waals surface area (Å²) in [6.07, 6.45) is 0. The van der Waals surface area contributed by atoms with E-state index in [1.165, 1.54) is 0 Å². The summed E-state index contributed by atoms with van der Waals surface area (Å²) in [7, 11) is 0. The summed E-state index contributed by atoms with van der Waals surface area (Å²) in [5.74, 6) is -0.0803. The van der Waals surface area contributed by atoms with Gasteiger partial charge >= 0.3 is 0 Å². The van der Waals surface area contributed by atoms with Crippen molar-refractivity contribution in [2.24, 2.45) is 0 Å². The third-order valence-corrected chi connectivity index (χ3v) is 5.48. The van der Waals surface area contributed by atoms with Gasteiger partial charge in [-0.05, 0) is 49.9 Å². The highest BCUT2D eigenvalue weighted by atomic mass is 32.1. The zero-order valence-electron chi connectivity index (χ0n) is 15.4. The van der Waals surface area contributed by atoms with Crippen LogP contribution in [0.2, 0.25) is 0 Å². The second-order valence-corrected chi connectivity index (χ2v) is 7.26. The van der Waals surface area contributed by atoms with Crippen molar-refractivity contribution < 1.29 is 9.32 Å². The van der Waals surface area contributed by atoms with E-state index in [0.717, 1.165) is 21.8 Å². The van der Waals surface area contributed by atoms with Crippen LogP contribution in [0.1, 0.15) is 28.5 Å². The van der Waals surface area contributed by atoms with Crippen LogP contribution in [0.4, 0.5) is 5.69 Å². The van der Waals surface area contributed by atoms with Gasteiger partial charge in [0.1, 0.15) is 0 Å². The van der Waals surface area contributed by atoms with Gasteiger partial charge < -0.3 is 9.42 Å². The van der Waals surface area contributed by atoms with Crippen LogP contribution in [0.25, 0.3) is 21.7 Å². The Kier molecular flexibility index (Phi) is 4.49. The van der Waals surface area contributed by atoms with Crippen LogP contribution in [0.3, 0.4) is 0 Å². The van der Waals surface area contributed by atoms with E-state index < -0.39 is 0 Å². The van der Waals surface area contributed by atoms with Gasteiger partial charge in [0, 0.05) is 12.2 Å².